The summed E-state index contributed by atoms with van der Waals surface area (Å²) in [6.07, 6.45) is 0.335. The van der Waals surface area contributed by atoms with E-state index >= 15 is 0 Å². The molecule has 1 rings (SSSR count). The van der Waals surface area contributed by atoms with Crippen molar-refractivity contribution in [2.75, 3.05) is 26.8 Å². The zero-order valence-electron chi connectivity index (χ0n) is 12.3. The first-order valence-corrected chi connectivity index (χ1v) is 6.65. The molecule has 0 unspecified atom stereocenters. The van der Waals surface area contributed by atoms with E-state index in [9.17, 15) is 9.59 Å². The lowest BCUT2D eigenvalue weighted by Gasteiger charge is -2.08. The molecule has 2 N–H and O–H groups in total. The molecule has 0 atom stereocenters. The minimum absolute atomic E-state index is 0.0766. The zero-order chi connectivity index (χ0) is 15.0. The van der Waals surface area contributed by atoms with Crippen molar-refractivity contribution in [1.29, 1.82) is 0 Å². The predicted octanol–water partition coefficient (Wildman–Crippen LogP) is 1.19. The van der Waals surface area contributed by atoms with Crippen LogP contribution in [0.25, 0.3) is 0 Å². The van der Waals surface area contributed by atoms with Gasteiger partial charge in [-0.25, -0.2) is 0 Å². The standard InChI is InChI=1S/C15H22N2O3/c1-11-4-5-13(10-12(11)2)15(19)17-8-7-16-14(18)6-9-20-3/h4-5,10H,6-9H2,1-3H3,(H,16,18)(H,17,19). The van der Waals surface area contributed by atoms with E-state index in [1.807, 2.05) is 26.0 Å². The first-order valence-electron chi connectivity index (χ1n) is 6.65. The van der Waals surface area contributed by atoms with Crippen molar-refractivity contribution in [3.05, 3.63) is 34.9 Å². The third-order valence-corrected chi connectivity index (χ3v) is 3.04. The molecule has 20 heavy (non-hydrogen) atoms. The summed E-state index contributed by atoms with van der Waals surface area (Å²) in [4.78, 5) is 23.2. The van der Waals surface area contributed by atoms with E-state index in [0.717, 1.165) is 11.1 Å². The quantitative estimate of drug-likeness (QED) is 0.736. The highest BCUT2D eigenvalue weighted by atomic mass is 16.5. The van der Waals surface area contributed by atoms with Crippen molar-refractivity contribution in [1.82, 2.24) is 10.6 Å². The first-order chi connectivity index (χ1) is 9.54. The van der Waals surface area contributed by atoms with Crippen LogP contribution in [0.15, 0.2) is 18.2 Å². The Kier molecular flexibility index (Phi) is 6.73. The average molecular weight is 278 g/mol. The Hall–Kier alpha value is -1.88. The van der Waals surface area contributed by atoms with Crippen LogP contribution in [0.3, 0.4) is 0 Å². The summed E-state index contributed by atoms with van der Waals surface area (Å²) in [5.74, 6) is -0.202. The van der Waals surface area contributed by atoms with E-state index < -0.39 is 0 Å². The third-order valence-electron chi connectivity index (χ3n) is 3.04. The molecule has 0 heterocycles. The van der Waals surface area contributed by atoms with Crippen LogP contribution in [0, 0.1) is 13.8 Å². The van der Waals surface area contributed by atoms with E-state index in [1.54, 1.807) is 13.2 Å². The number of carbonyl (C=O) groups excluding carboxylic acids is 2. The van der Waals surface area contributed by atoms with Gasteiger partial charge in [-0.05, 0) is 37.1 Å². The molecule has 0 bridgehead atoms. The number of rotatable bonds is 7. The highest BCUT2D eigenvalue weighted by molar-refractivity contribution is 5.94. The van der Waals surface area contributed by atoms with Crippen molar-refractivity contribution < 1.29 is 14.3 Å². The molecule has 0 aliphatic heterocycles. The lowest BCUT2D eigenvalue weighted by Crippen LogP contribution is -2.35. The first kappa shape index (κ1) is 16.2. The molecule has 0 radical (unpaired) electrons. The Morgan fingerprint density at radius 2 is 1.80 bits per heavy atom. The lowest BCUT2D eigenvalue weighted by molar-refractivity contribution is -0.121. The molecule has 0 aliphatic rings. The summed E-state index contributed by atoms with van der Waals surface area (Å²) >= 11 is 0. The molecule has 110 valence electrons. The lowest BCUT2D eigenvalue weighted by atomic mass is 10.1. The topological polar surface area (TPSA) is 67.4 Å². The van der Waals surface area contributed by atoms with Crippen molar-refractivity contribution in [2.24, 2.45) is 0 Å². The maximum Gasteiger partial charge on any atom is 0.251 e. The van der Waals surface area contributed by atoms with Crippen molar-refractivity contribution in [2.45, 2.75) is 20.3 Å². The second-order valence-electron chi connectivity index (χ2n) is 4.65. The molecule has 0 aliphatic carbocycles. The molecule has 0 aromatic heterocycles. The minimum atomic E-state index is -0.126. The van der Waals surface area contributed by atoms with Gasteiger partial charge in [0.15, 0.2) is 0 Å². The number of carbonyl (C=O) groups is 2. The number of aryl methyl sites for hydroxylation is 2. The highest BCUT2D eigenvalue weighted by Gasteiger charge is 2.06. The summed E-state index contributed by atoms with van der Waals surface area (Å²) in [6.45, 7) is 5.21. The molecule has 5 nitrogen and oxygen atoms in total. The van der Waals surface area contributed by atoms with Crippen molar-refractivity contribution in [3.8, 4) is 0 Å². The fraction of sp³-hybridized carbons (Fsp3) is 0.467. The molecule has 5 heteroatoms. The smallest absolute Gasteiger partial charge is 0.251 e. The molecular formula is C15H22N2O3. The molecule has 1 aromatic rings. The number of hydrogen-bond acceptors (Lipinski definition) is 3. The van der Waals surface area contributed by atoms with E-state index in [0.29, 0.717) is 31.7 Å². The average Bonchev–Trinajstić information content (AvgIpc) is 2.44. The number of hydrogen-bond donors (Lipinski definition) is 2. The van der Waals surface area contributed by atoms with Crippen LogP contribution < -0.4 is 10.6 Å². The van der Waals surface area contributed by atoms with Crippen molar-refractivity contribution in [3.63, 3.8) is 0 Å². The maximum absolute atomic E-state index is 11.9. The summed E-state index contributed by atoms with van der Waals surface area (Å²) in [6, 6.07) is 5.59. The summed E-state index contributed by atoms with van der Waals surface area (Å²) in [5.41, 5.74) is 2.89. The Balaban J connectivity index is 2.29. The summed E-state index contributed by atoms with van der Waals surface area (Å²) in [5, 5.41) is 5.48. The Morgan fingerprint density at radius 3 is 2.45 bits per heavy atom. The van der Waals surface area contributed by atoms with Gasteiger partial charge >= 0.3 is 0 Å². The second-order valence-corrected chi connectivity index (χ2v) is 4.65. The van der Waals surface area contributed by atoms with Gasteiger partial charge in [-0.3, -0.25) is 9.59 Å². The van der Waals surface area contributed by atoms with Gasteiger partial charge in [0, 0.05) is 32.2 Å². The number of ether oxygens (including phenoxy) is 1. The molecular weight excluding hydrogens is 256 g/mol. The SMILES string of the molecule is COCCC(=O)NCCNC(=O)c1ccc(C)c(C)c1. The van der Waals surface area contributed by atoms with E-state index in [1.165, 1.54) is 0 Å². The normalized spacial score (nSPS) is 10.2. The van der Waals surface area contributed by atoms with E-state index in [2.05, 4.69) is 10.6 Å². The van der Waals surface area contributed by atoms with Gasteiger partial charge < -0.3 is 15.4 Å². The number of benzene rings is 1. The van der Waals surface area contributed by atoms with Crippen molar-refractivity contribution >= 4 is 11.8 Å². The third kappa shape index (κ3) is 5.40. The highest BCUT2D eigenvalue weighted by Crippen LogP contribution is 2.09. The van der Waals surface area contributed by atoms with E-state index in [4.69, 9.17) is 4.74 Å². The summed E-state index contributed by atoms with van der Waals surface area (Å²) in [7, 11) is 1.55. The fourth-order valence-electron chi connectivity index (χ4n) is 1.65. The molecule has 2 amide bonds. The van der Waals surface area contributed by atoms with Gasteiger partial charge in [0.05, 0.1) is 6.61 Å². The van der Waals surface area contributed by atoms with Crippen LogP contribution >= 0.6 is 0 Å². The molecule has 1 aromatic carbocycles. The molecule has 0 fully saturated rings. The number of nitrogens with one attached hydrogen (secondary N) is 2. The van der Waals surface area contributed by atoms with Crippen LogP contribution in [0.4, 0.5) is 0 Å². The molecule has 0 saturated carbocycles. The van der Waals surface area contributed by atoms with Gasteiger partial charge in [-0.15, -0.1) is 0 Å². The minimum Gasteiger partial charge on any atom is -0.384 e. The fourth-order valence-corrected chi connectivity index (χ4v) is 1.65. The Bertz CT molecular complexity index is 472. The van der Waals surface area contributed by atoms with Crippen LogP contribution in [-0.4, -0.2) is 38.6 Å². The molecule has 0 saturated heterocycles. The largest absolute Gasteiger partial charge is 0.384 e. The zero-order valence-corrected chi connectivity index (χ0v) is 12.3. The van der Waals surface area contributed by atoms with Crippen LogP contribution in [-0.2, 0) is 9.53 Å². The van der Waals surface area contributed by atoms with Gasteiger partial charge in [-0.2, -0.15) is 0 Å². The van der Waals surface area contributed by atoms with Crippen LogP contribution in [0.1, 0.15) is 27.9 Å². The van der Waals surface area contributed by atoms with Gasteiger partial charge in [-0.1, -0.05) is 6.07 Å². The van der Waals surface area contributed by atoms with Crippen LogP contribution in [0.2, 0.25) is 0 Å². The molecule has 0 spiro atoms. The predicted molar refractivity (Wildman–Crippen MR) is 77.8 cm³/mol. The van der Waals surface area contributed by atoms with Gasteiger partial charge in [0.2, 0.25) is 5.91 Å². The van der Waals surface area contributed by atoms with Gasteiger partial charge in [0.1, 0.15) is 0 Å². The number of methoxy groups -OCH3 is 1. The van der Waals surface area contributed by atoms with E-state index in [-0.39, 0.29) is 11.8 Å². The summed E-state index contributed by atoms with van der Waals surface area (Å²) < 4.78 is 4.81. The van der Waals surface area contributed by atoms with Gasteiger partial charge in [0.25, 0.3) is 5.91 Å². The second kappa shape index (κ2) is 8.32. The van der Waals surface area contributed by atoms with Crippen LogP contribution in [0.5, 0.6) is 0 Å². The Labute approximate surface area is 119 Å². The number of amides is 2. The monoisotopic (exact) mass is 278 g/mol. The Morgan fingerprint density at radius 1 is 1.10 bits per heavy atom. The maximum atomic E-state index is 11.9.